The van der Waals surface area contributed by atoms with E-state index in [0.29, 0.717) is 12.0 Å². The summed E-state index contributed by atoms with van der Waals surface area (Å²) in [6.07, 6.45) is 3.79. The minimum Gasteiger partial charge on any atom is -0.391 e. The van der Waals surface area contributed by atoms with Crippen LogP contribution in [-0.4, -0.2) is 35.4 Å². The number of aliphatic hydroxyl groups excluding tert-OH is 1. The normalized spacial score (nSPS) is 27.8. The number of hydrogen-bond acceptors (Lipinski definition) is 5. The summed E-state index contributed by atoms with van der Waals surface area (Å²) in [5, 5.41) is 10.6. The van der Waals surface area contributed by atoms with E-state index in [9.17, 15) is 5.11 Å². The van der Waals surface area contributed by atoms with E-state index in [1.54, 1.807) is 11.3 Å². The van der Waals surface area contributed by atoms with Crippen LogP contribution in [0.1, 0.15) is 49.6 Å². The summed E-state index contributed by atoms with van der Waals surface area (Å²) in [5.41, 5.74) is 1.15. The second-order valence-electron chi connectivity index (χ2n) is 5.60. The topological polar surface area (TPSA) is 45.6 Å². The quantitative estimate of drug-likeness (QED) is 0.921. The molecule has 106 valence electrons. The van der Waals surface area contributed by atoms with Gasteiger partial charge in [-0.05, 0) is 26.2 Å². The number of thiazole rings is 1. The van der Waals surface area contributed by atoms with Crippen molar-refractivity contribution in [1.29, 1.82) is 0 Å². The molecule has 1 aromatic heterocycles. The number of hydrogen-bond donors (Lipinski definition) is 1. The minimum atomic E-state index is 0.125. The molecule has 19 heavy (non-hydrogen) atoms. The molecule has 3 rings (SSSR count). The Kier molecular flexibility index (Phi) is 3.78. The van der Waals surface area contributed by atoms with Crippen molar-refractivity contribution in [2.45, 2.75) is 57.8 Å². The van der Waals surface area contributed by atoms with Crippen LogP contribution >= 0.6 is 11.3 Å². The highest BCUT2D eigenvalue weighted by Gasteiger charge is 2.33. The van der Waals surface area contributed by atoms with Crippen LogP contribution in [0.5, 0.6) is 0 Å². The lowest BCUT2D eigenvalue weighted by Gasteiger charge is -2.38. The zero-order chi connectivity index (χ0) is 13.4. The monoisotopic (exact) mass is 282 g/mol. The average Bonchev–Trinajstić information content (AvgIpc) is 3.18. The minimum absolute atomic E-state index is 0.125. The summed E-state index contributed by atoms with van der Waals surface area (Å²) in [7, 11) is 0. The molecule has 0 aromatic carbocycles. The summed E-state index contributed by atoms with van der Waals surface area (Å²) in [5.74, 6) is 0.602. The number of aromatic nitrogens is 1. The lowest BCUT2D eigenvalue weighted by molar-refractivity contribution is 0.0299. The molecule has 2 fully saturated rings. The fourth-order valence-electron chi connectivity index (χ4n) is 2.68. The fraction of sp³-hybridized carbons (Fsp3) is 0.786. The Morgan fingerprint density at radius 3 is 2.89 bits per heavy atom. The van der Waals surface area contributed by atoms with Crippen LogP contribution in [0.25, 0.3) is 0 Å². The van der Waals surface area contributed by atoms with E-state index in [1.807, 2.05) is 0 Å². The number of morpholine rings is 1. The van der Waals surface area contributed by atoms with Gasteiger partial charge in [-0.1, -0.05) is 18.3 Å². The number of ether oxygens (including phenoxy) is 1. The van der Waals surface area contributed by atoms with Crippen LogP contribution in [0.15, 0.2) is 0 Å². The molecule has 2 aliphatic rings. The first-order valence-corrected chi connectivity index (χ1v) is 8.03. The van der Waals surface area contributed by atoms with Gasteiger partial charge in [-0.2, -0.15) is 0 Å². The van der Waals surface area contributed by atoms with Gasteiger partial charge in [0.1, 0.15) is 0 Å². The summed E-state index contributed by atoms with van der Waals surface area (Å²) in [4.78, 5) is 8.27. The van der Waals surface area contributed by atoms with Gasteiger partial charge in [0.05, 0.1) is 35.9 Å². The third kappa shape index (κ3) is 2.64. The maximum atomic E-state index is 9.51. The van der Waals surface area contributed by atoms with Crippen LogP contribution in [-0.2, 0) is 11.3 Å². The molecule has 1 aromatic rings. The van der Waals surface area contributed by atoms with E-state index in [-0.39, 0.29) is 12.7 Å². The lowest BCUT2D eigenvalue weighted by Crippen LogP contribution is -2.48. The van der Waals surface area contributed by atoms with E-state index >= 15 is 0 Å². The molecule has 2 atom stereocenters. The second-order valence-corrected chi connectivity index (χ2v) is 6.66. The SMILES string of the molecule is CCC1COC(C)CN1c1nc(C2CC2)c(CO)s1. The molecule has 0 spiro atoms. The van der Waals surface area contributed by atoms with E-state index in [0.717, 1.165) is 35.3 Å². The van der Waals surface area contributed by atoms with Crippen molar-refractivity contribution in [1.82, 2.24) is 4.98 Å². The van der Waals surface area contributed by atoms with Crippen molar-refractivity contribution >= 4 is 16.5 Å². The second kappa shape index (κ2) is 5.38. The van der Waals surface area contributed by atoms with Crippen molar-refractivity contribution in [3.63, 3.8) is 0 Å². The van der Waals surface area contributed by atoms with Gasteiger partial charge >= 0.3 is 0 Å². The van der Waals surface area contributed by atoms with Gasteiger partial charge in [-0.15, -0.1) is 0 Å². The molecule has 1 saturated heterocycles. The summed E-state index contributed by atoms with van der Waals surface area (Å²) in [6.45, 7) is 6.12. The molecular formula is C14H22N2O2S. The van der Waals surface area contributed by atoms with Crippen LogP contribution < -0.4 is 4.90 Å². The van der Waals surface area contributed by atoms with Crippen LogP contribution in [0.3, 0.4) is 0 Å². The maximum absolute atomic E-state index is 9.51. The third-order valence-corrected chi connectivity index (χ3v) is 5.10. The standard InChI is InChI=1S/C14H22N2O2S/c1-3-11-8-18-9(2)6-16(11)14-15-13(10-4-5-10)12(7-17)19-14/h9-11,17H,3-8H2,1-2H3. The summed E-state index contributed by atoms with van der Waals surface area (Å²) < 4.78 is 5.74. The predicted molar refractivity (Wildman–Crippen MR) is 76.9 cm³/mol. The highest BCUT2D eigenvalue weighted by Crippen LogP contribution is 2.44. The van der Waals surface area contributed by atoms with E-state index < -0.39 is 0 Å². The van der Waals surface area contributed by atoms with Gasteiger partial charge in [0, 0.05) is 12.5 Å². The molecule has 0 bridgehead atoms. The Morgan fingerprint density at radius 1 is 1.47 bits per heavy atom. The van der Waals surface area contributed by atoms with E-state index in [2.05, 4.69) is 18.7 Å². The Hall–Kier alpha value is -0.650. The van der Waals surface area contributed by atoms with Crippen LogP contribution in [0, 0.1) is 0 Å². The average molecular weight is 282 g/mol. The Balaban J connectivity index is 1.86. The summed E-state index contributed by atoms with van der Waals surface area (Å²) in [6, 6.07) is 0.418. The van der Waals surface area contributed by atoms with Crippen molar-refractivity contribution < 1.29 is 9.84 Å². The van der Waals surface area contributed by atoms with Gasteiger partial charge in [-0.25, -0.2) is 4.98 Å². The smallest absolute Gasteiger partial charge is 0.186 e. The molecule has 4 nitrogen and oxygen atoms in total. The van der Waals surface area contributed by atoms with E-state index in [4.69, 9.17) is 9.72 Å². The Morgan fingerprint density at radius 2 is 2.26 bits per heavy atom. The predicted octanol–water partition coefficient (Wildman–Crippen LogP) is 2.52. The van der Waals surface area contributed by atoms with Crippen molar-refractivity contribution in [2.75, 3.05) is 18.1 Å². The highest BCUT2D eigenvalue weighted by molar-refractivity contribution is 7.15. The molecule has 2 unspecified atom stereocenters. The molecule has 5 heteroatoms. The van der Waals surface area contributed by atoms with Gasteiger partial charge in [0.15, 0.2) is 5.13 Å². The zero-order valence-corrected chi connectivity index (χ0v) is 12.4. The number of aliphatic hydroxyl groups is 1. The molecule has 0 radical (unpaired) electrons. The zero-order valence-electron chi connectivity index (χ0n) is 11.6. The molecule has 2 heterocycles. The van der Waals surface area contributed by atoms with Crippen LogP contribution in [0.2, 0.25) is 0 Å². The number of anilines is 1. The fourth-order valence-corrected chi connectivity index (χ4v) is 3.77. The maximum Gasteiger partial charge on any atom is 0.186 e. The van der Waals surface area contributed by atoms with Gasteiger partial charge in [0.25, 0.3) is 0 Å². The highest BCUT2D eigenvalue weighted by atomic mass is 32.1. The van der Waals surface area contributed by atoms with Crippen LogP contribution in [0.4, 0.5) is 5.13 Å². The summed E-state index contributed by atoms with van der Waals surface area (Å²) >= 11 is 1.66. The first-order valence-electron chi connectivity index (χ1n) is 7.21. The van der Waals surface area contributed by atoms with Gasteiger partial charge in [0.2, 0.25) is 0 Å². The molecule has 1 aliphatic heterocycles. The van der Waals surface area contributed by atoms with Gasteiger partial charge < -0.3 is 14.7 Å². The van der Waals surface area contributed by atoms with Crippen molar-refractivity contribution in [3.05, 3.63) is 10.6 Å². The molecule has 0 amide bonds. The Bertz CT molecular complexity index is 445. The first-order chi connectivity index (χ1) is 9.22. The lowest BCUT2D eigenvalue weighted by atomic mass is 10.1. The first kappa shape index (κ1) is 13.3. The van der Waals surface area contributed by atoms with Crippen molar-refractivity contribution in [2.24, 2.45) is 0 Å². The molecule has 1 N–H and O–H groups in total. The molecule has 1 saturated carbocycles. The molecule has 1 aliphatic carbocycles. The Labute approximate surface area is 118 Å². The largest absolute Gasteiger partial charge is 0.391 e. The molecular weight excluding hydrogens is 260 g/mol. The number of rotatable bonds is 4. The van der Waals surface area contributed by atoms with Gasteiger partial charge in [-0.3, -0.25) is 0 Å². The van der Waals surface area contributed by atoms with Crippen molar-refractivity contribution in [3.8, 4) is 0 Å². The number of nitrogens with zero attached hydrogens (tertiary/aromatic N) is 2. The van der Waals surface area contributed by atoms with E-state index in [1.165, 1.54) is 12.8 Å². The third-order valence-electron chi connectivity index (χ3n) is 4.01.